The number of methoxy groups -OCH3 is 1. The van der Waals surface area contributed by atoms with Crippen LogP contribution in [0.25, 0.3) is 22.8 Å². The van der Waals surface area contributed by atoms with Gasteiger partial charge in [-0.1, -0.05) is 17.3 Å². The Balaban J connectivity index is 1.34. The van der Waals surface area contributed by atoms with Gasteiger partial charge >= 0.3 is 0 Å². The summed E-state index contributed by atoms with van der Waals surface area (Å²) in [6, 6.07) is 20.7. The van der Waals surface area contributed by atoms with Gasteiger partial charge in [0.05, 0.1) is 7.11 Å². The third-order valence-electron chi connectivity index (χ3n) is 4.74. The number of carbonyl (C=O) groups excluding carboxylic acids is 1. The molecule has 0 aliphatic heterocycles. The summed E-state index contributed by atoms with van der Waals surface area (Å²) in [5.41, 5.74) is 3.14. The molecule has 7 heteroatoms. The fraction of sp³-hybridized carbons (Fsp3) is 0.125. The molecule has 0 radical (unpaired) electrons. The summed E-state index contributed by atoms with van der Waals surface area (Å²) in [5, 5.41) is 6.86. The highest BCUT2D eigenvalue weighted by molar-refractivity contribution is 5.91. The average Bonchev–Trinajstić information content (AvgIpc) is 3.29. The molecule has 31 heavy (non-hydrogen) atoms. The van der Waals surface area contributed by atoms with Crippen molar-refractivity contribution in [1.29, 1.82) is 0 Å². The molecule has 6 nitrogen and oxygen atoms in total. The first-order chi connectivity index (χ1) is 15.1. The predicted octanol–water partition coefficient (Wildman–Crippen LogP) is 5.12. The van der Waals surface area contributed by atoms with Crippen LogP contribution in [0.1, 0.15) is 12.0 Å². The van der Waals surface area contributed by atoms with Gasteiger partial charge in [-0.25, -0.2) is 4.39 Å². The molecule has 156 valence electrons. The number of aromatic nitrogens is 2. The maximum Gasteiger partial charge on any atom is 0.258 e. The highest BCUT2D eigenvalue weighted by atomic mass is 19.1. The van der Waals surface area contributed by atoms with Crippen LogP contribution in [0.2, 0.25) is 0 Å². The van der Waals surface area contributed by atoms with Crippen molar-refractivity contribution in [2.45, 2.75) is 12.8 Å². The molecule has 4 aromatic rings. The molecule has 1 amide bonds. The maximum absolute atomic E-state index is 13.1. The molecule has 0 aliphatic rings. The Hall–Kier alpha value is -4.00. The normalized spacial score (nSPS) is 10.6. The van der Waals surface area contributed by atoms with Crippen molar-refractivity contribution in [3.05, 3.63) is 84.2 Å². The highest BCUT2D eigenvalue weighted by Gasteiger charge is 2.11. The molecule has 1 N–H and O–H groups in total. The number of amides is 1. The van der Waals surface area contributed by atoms with Crippen molar-refractivity contribution in [3.63, 3.8) is 0 Å². The van der Waals surface area contributed by atoms with Crippen molar-refractivity contribution in [1.82, 2.24) is 10.1 Å². The monoisotopic (exact) mass is 417 g/mol. The minimum Gasteiger partial charge on any atom is -0.497 e. The molecule has 1 aromatic heterocycles. The van der Waals surface area contributed by atoms with Crippen LogP contribution in [-0.2, 0) is 11.2 Å². The van der Waals surface area contributed by atoms with Crippen molar-refractivity contribution < 1.29 is 18.4 Å². The number of anilines is 1. The van der Waals surface area contributed by atoms with Crippen LogP contribution in [0.3, 0.4) is 0 Å². The Morgan fingerprint density at radius 3 is 2.32 bits per heavy atom. The Kier molecular flexibility index (Phi) is 6.03. The lowest BCUT2D eigenvalue weighted by Gasteiger charge is -2.06. The van der Waals surface area contributed by atoms with E-state index in [9.17, 15) is 9.18 Å². The number of halogens is 1. The number of nitrogens with zero attached hydrogens (tertiary/aromatic N) is 2. The number of nitrogens with one attached hydrogen (secondary N) is 1. The predicted molar refractivity (Wildman–Crippen MR) is 115 cm³/mol. The number of hydrogen-bond donors (Lipinski definition) is 1. The first kappa shape index (κ1) is 20.3. The third-order valence-corrected chi connectivity index (χ3v) is 4.74. The standard InChI is InChI=1S/C24H20FN3O3/c1-30-21-13-2-16(3-14-21)4-15-22(29)26-20-11-7-17(8-12-20)23-27-24(31-28-23)18-5-9-19(25)10-6-18/h2-3,5-14H,4,15H2,1H3,(H,26,29). The second-order valence-electron chi connectivity index (χ2n) is 6.90. The van der Waals surface area contributed by atoms with Gasteiger partial charge in [-0.05, 0) is 72.6 Å². The number of benzene rings is 3. The Morgan fingerprint density at radius 1 is 0.968 bits per heavy atom. The number of ether oxygens (including phenoxy) is 1. The van der Waals surface area contributed by atoms with Gasteiger partial charge in [0.25, 0.3) is 5.89 Å². The fourth-order valence-corrected chi connectivity index (χ4v) is 3.03. The van der Waals surface area contributed by atoms with Crippen LogP contribution in [0, 0.1) is 5.82 Å². The molecule has 0 spiro atoms. The van der Waals surface area contributed by atoms with Crippen LogP contribution in [-0.4, -0.2) is 23.2 Å². The van der Waals surface area contributed by atoms with Crippen LogP contribution >= 0.6 is 0 Å². The molecular weight excluding hydrogens is 397 g/mol. The van der Waals surface area contributed by atoms with E-state index in [1.54, 1.807) is 43.5 Å². The third kappa shape index (κ3) is 5.14. The van der Waals surface area contributed by atoms with Crippen LogP contribution in [0.4, 0.5) is 10.1 Å². The number of aryl methyl sites for hydroxylation is 1. The summed E-state index contributed by atoms with van der Waals surface area (Å²) in [6.45, 7) is 0. The van der Waals surface area contributed by atoms with Crippen molar-refractivity contribution in [3.8, 4) is 28.6 Å². The highest BCUT2D eigenvalue weighted by Crippen LogP contribution is 2.23. The first-order valence-corrected chi connectivity index (χ1v) is 9.73. The van der Waals surface area contributed by atoms with E-state index in [-0.39, 0.29) is 11.7 Å². The smallest absolute Gasteiger partial charge is 0.258 e. The van der Waals surface area contributed by atoms with Gasteiger partial charge < -0.3 is 14.6 Å². The summed E-state index contributed by atoms with van der Waals surface area (Å²) in [7, 11) is 1.62. The Labute approximate surface area is 178 Å². The summed E-state index contributed by atoms with van der Waals surface area (Å²) in [5.74, 6) is 1.12. The molecule has 4 rings (SSSR count). The van der Waals surface area contributed by atoms with Gasteiger partial charge in [0.2, 0.25) is 11.7 Å². The van der Waals surface area contributed by atoms with E-state index in [0.29, 0.717) is 35.8 Å². The van der Waals surface area contributed by atoms with E-state index in [1.807, 2.05) is 24.3 Å². The zero-order valence-corrected chi connectivity index (χ0v) is 16.8. The Bertz CT molecular complexity index is 1150. The summed E-state index contributed by atoms with van der Waals surface area (Å²) >= 11 is 0. The molecular formula is C24H20FN3O3. The maximum atomic E-state index is 13.1. The van der Waals surface area contributed by atoms with E-state index in [1.165, 1.54) is 12.1 Å². The molecule has 0 atom stereocenters. The van der Waals surface area contributed by atoms with Crippen LogP contribution in [0.15, 0.2) is 77.3 Å². The summed E-state index contributed by atoms with van der Waals surface area (Å²) in [6.07, 6.45) is 1.02. The van der Waals surface area contributed by atoms with Gasteiger partial charge in [-0.3, -0.25) is 4.79 Å². The van der Waals surface area contributed by atoms with E-state index < -0.39 is 0 Å². The molecule has 0 aliphatic carbocycles. The average molecular weight is 417 g/mol. The minimum atomic E-state index is -0.329. The largest absolute Gasteiger partial charge is 0.497 e. The number of carbonyl (C=O) groups is 1. The van der Waals surface area contributed by atoms with E-state index in [4.69, 9.17) is 9.26 Å². The zero-order valence-electron chi connectivity index (χ0n) is 16.8. The molecule has 0 bridgehead atoms. The van der Waals surface area contributed by atoms with Crippen molar-refractivity contribution in [2.75, 3.05) is 12.4 Å². The topological polar surface area (TPSA) is 77.2 Å². The number of rotatable bonds is 7. The zero-order chi connectivity index (χ0) is 21.6. The molecule has 0 unspecified atom stereocenters. The van der Waals surface area contributed by atoms with Gasteiger partial charge in [0.1, 0.15) is 11.6 Å². The molecule has 0 fully saturated rings. The minimum absolute atomic E-state index is 0.0678. The van der Waals surface area contributed by atoms with Crippen LogP contribution in [0.5, 0.6) is 5.75 Å². The summed E-state index contributed by atoms with van der Waals surface area (Å²) in [4.78, 5) is 16.6. The molecule has 3 aromatic carbocycles. The SMILES string of the molecule is COc1ccc(CCC(=O)Nc2ccc(-c3noc(-c4ccc(F)cc4)n3)cc2)cc1. The first-order valence-electron chi connectivity index (χ1n) is 9.73. The lowest BCUT2D eigenvalue weighted by molar-refractivity contribution is -0.116. The molecule has 0 saturated heterocycles. The van der Waals surface area contributed by atoms with Crippen molar-refractivity contribution in [2.24, 2.45) is 0 Å². The quantitative estimate of drug-likeness (QED) is 0.451. The lowest BCUT2D eigenvalue weighted by Crippen LogP contribution is -2.12. The lowest BCUT2D eigenvalue weighted by atomic mass is 10.1. The van der Waals surface area contributed by atoms with E-state index >= 15 is 0 Å². The van der Waals surface area contributed by atoms with E-state index in [0.717, 1.165) is 16.9 Å². The van der Waals surface area contributed by atoms with Crippen LogP contribution < -0.4 is 10.1 Å². The van der Waals surface area contributed by atoms with Gasteiger partial charge in [-0.15, -0.1) is 0 Å². The molecule has 1 heterocycles. The Morgan fingerprint density at radius 2 is 1.65 bits per heavy atom. The fourth-order valence-electron chi connectivity index (χ4n) is 3.03. The van der Waals surface area contributed by atoms with Gasteiger partial charge in [-0.2, -0.15) is 4.98 Å². The second kappa shape index (κ2) is 9.21. The number of hydrogen-bond acceptors (Lipinski definition) is 5. The second-order valence-corrected chi connectivity index (χ2v) is 6.90. The van der Waals surface area contributed by atoms with Gasteiger partial charge in [0, 0.05) is 23.2 Å². The molecule has 0 saturated carbocycles. The van der Waals surface area contributed by atoms with Gasteiger partial charge in [0.15, 0.2) is 0 Å². The van der Waals surface area contributed by atoms with Crippen molar-refractivity contribution >= 4 is 11.6 Å². The summed E-state index contributed by atoms with van der Waals surface area (Å²) < 4.78 is 23.5. The van der Waals surface area contributed by atoms with E-state index in [2.05, 4.69) is 15.5 Å².